The smallest absolute Gasteiger partial charge is 0.321 e. The van der Waals surface area contributed by atoms with Crippen molar-refractivity contribution < 1.29 is 19.0 Å². The van der Waals surface area contributed by atoms with Crippen LogP contribution in [0.4, 0.5) is 10.5 Å². The highest BCUT2D eigenvalue weighted by Gasteiger charge is 2.25. The van der Waals surface area contributed by atoms with Gasteiger partial charge in [0, 0.05) is 44.3 Å². The van der Waals surface area contributed by atoms with E-state index in [-0.39, 0.29) is 12.1 Å². The van der Waals surface area contributed by atoms with Crippen LogP contribution in [0, 0.1) is 0 Å². The molecule has 1 aliphatic heterocycles. The molecule has 26 heavy (non-hydrogen) atoms. The van der Waals surface area contributed by atoms with E-state index in [0.717, 1.165) is 12.8 Å². The molecule has 2 aromatic rings. The van der Waals surface area contributed by atoms with Crippen LogP contribution in [0.25, 0.3) is 0 Å². The average Bonchev–Trinajstić information content (AvgIpc) is 2.69. The van der Waals surface area contributed by atoms with Gasteiger partial charge in [-0.2, -0.15) is 5.10 Å². The molecule has 1 aromatic carbocycles. The van der Waals surface area contributed by atoms with Gasteiger partial charge in [0.2, 0.25) is 5.88 Å². The Morgan fingerprint density at radius 2 is 2.00 bits per heavy atom. The van der Waals surface area contributed by atoms with Crippen molar-refractivity contribution >= 4 is 11.7 Å². The molecule has 0 saturated carbocycles. The van der Waals surface area contributed by atoms with Crippen LogP contribution in [0.1, 0.15) is 12.8 Å². The standard InChI is InChI=1S/C18H22N4O4/c1-24-14-5-6-15(16(12-14)25-2)20-18(23)22-10-7-13(8-11-22)26-17-4-3-9-19-21-17/h3-6,9,12-13H,7-8,10-11H2,1-2H3,(H,20,23). The summed E-state index contributed by atoms with van der Waals surface area (Å²) in [5.74, 6) is 1.73. The zero-order chi connectivity index (χ0) is 18.4. The average molecular weight is 358 g/mol. The molecule has 0 aliphatic carbocycles. The second kappa shape index (κ2) is 8.37. The lowest BCUT2D eigenvalue weighted by molar-refractivity contribution is 0.110. The van der Waals surface area contributed by atoms with Gasteiger partial charge in [0.25, 0.3) is 0 Å². The van der Waals surface area contributed by atoms with E-state index >= 15 is 0 Å². The number of methoxy groups -OCH3 is 2. The third-order valence-electron chi connectivity index (χ3n) is 4.21. The third kappa shape index (κ3) is 4.33. The molecule has 3 rings (SSSR count). The molecule has 1 saturated heterocycles. The zero-order valence-corrected chi connectivity index (χ0v) is 14.8. The highest BCUT2D eigenvalue weighted by atomic mass is 16.5. The van der Waals surface area contributed by atoms with Gasteiger partial charge in [-0.15, -0.1) is 5.10 Å². The lowest BCUT2D eigenvalue weighted by Gasteiger charge is -2.32. The minimum absolute atomic E-state index is 0.0336. The van der Waals surface area contributed by atoms with Gasteiger partial charge in [-0.05, 0) is 18.2 Å². The minimum Gasteiger partial charge on any atom is -0.497 e. The van der Waals surface area contributed by atoms with E-state index in [9.17, 15) is 4.79 Å². The topological polar surface area (TPSA) is 85.8 Å². The summed E-state index contributed by atoms with van der Waals surface area (Å²) in [6.45, 7) is 1.21. The number of carbonyl (C=O) groups is 1. The molecule has 2 amide bonds. The lowest BCUT2D eigenvalue weighted by Crippen LogP contribution is -2.43. The quantitative estimate of drug-likeness (QED) is 0.884. The molecular weight excluding hydrogens is 336 g/mol. The van der Waals surface area contributed by atoms with Crippen molar-refractivity contribution in [2.24, 2.45) is 0 Å². The molecule has 0 unspecified atom stereocenters. The van der Waals surface area contributed by atoms with Crippen LogP contribution in [0.3, 0.4) is 0 Å². The highest BCUT2D eigenvalue weighted by Crippen LogP contribution is 2.29. The van der Waals surface area contributed by atoms with E-state index in [4.69, 9.17) is 14.2 Å². The van der Waals surface area contributed by atoms with Crippen LogP contribution in [0.15, 0.2) is 36.5 Å². The summed E-state index contributed by atoms with van der Waals surface area (Å²) in [4.78, 5) is 14.3. The number of amides is 2. The Bertz CT molecular complexity index is 733. The molecule has 8 nitrogen and oxygen atoms in total. The largest absolute Gasteiger partial charge is 0.497 e. The Morgan fingerprint density at radius 3 is 2.65 bits per heavy atom. The fourth-order valence-corrected chi connectivity index (χ4v) is 2.79. The first-order valence-corrected chi connectivity index (χ1v) is 8.42. The van der Waals surface area contributed by atoms with Crippen molar-refractivity contribution in [3.8, 4) is 17.4 Å². The number of nitrogens with zero attached hydrogens (tertiary/aromatic N) is 3. The summed E-state index contributed by atoms with van der Waals surface area (Å²) in [7, 11) is 3.14. The summed E-state index contributed by atoms with van der Waals surface area (Å²) in [5.41, 5.74) is 0.608. The molecular formula is C18H22N4O4. The monoisotopic (exact) mass is 358 g/mol. The van der Waals surface area contributed by atoms with Crippen LogP contribution in [-0.2, 0) is 0 Å². The van der Waals surface area contributed by atoms with Gasteiger partial charge in [0.05, 0.1) is 19.9 Å². The fourth-order valence-electron chi connectivity index (χ4n) is 2.79. The van der Waals surface area contributed by atoms with E-state index in [1.54, 1.807) is 55.6 Å². The molecule has 0 bridgehead atoms. The van der Waals surface area contributed by atoms with Crippen LogP contribution >= 0.6 is 0 Å². The molecule has 1 fully saturated rings. The number of rotatable bonds is 5. The Labute approximate surface area is 152 Å². The van der Waals surface area contributed by atoms with E-state index in [2.05, 4.69) is 15.5 Å². The lowest BCUT2D eigenvalue weighted by atomic mass is 10.1. The molecule has 0 radical (unpaired) electrons. The van der Waals surface area contributed by atoms with Crippen LogP contribution < -0.4 is 19.5 Å². The highest BCUT2D eigenvalue weighted by molar-refractivity contribution is 5.91. The van der Waals surface area contributed by atoms with Crippen LogP contribution in [-0.4, -0.2) is 54.5 Å². The summed E-state index contributed by atoms with van der Waals surface area (Å²) in [5, 5.41) is 10.6. The first-order valence-electron chi connectivity index (χ1n) is 8.42. The molecule has 1 aliphatic rings. The number of nitrogens with one attached hydrogen (secondary N) is 1. The van der Waals surface area contributed by atoms with Gasteiger partial charge in [-0.1, -0.05) is 0 Å². The van der Waals surface area contributed by atoms with Crippen molar-refractivity contribution in [1.29, 1.82) is 0 Å². The Hall–Kier alpha value is -3.03. The number of carbonyl (C=O) groups excluding carboxylic acids is 1. The predicted octanol–water partition coefficient (Wildman–Crippen LogP) is 2.57. The number of aromatic nitrogens is 2. The number of ether oxygens (including phenoxy) is 3. The number of hydrogen-bond donors (Lipinski definition) is 1. The normalized spacial score (nSPS) is 14.6. The zero-order valence-electron chi connectivity index (χ0n) is 14.8. The van der Waals surface area contributed by atoms with Crippen molar-refractivity contribution in [2.45, 2.75) is 18.9 Å². The van der Waals surface area contributed by atoms with Crippen molar-refractivity contribution in [3.05, 3.63) is 36.5 Å². The molecule has 1 aromatic heterocycles. The Balaban J connectivity index is 1.54. The van der Waals surface area contributed by atoms with Gasteiger partial charge in [0.1, 0.15) is 17.6 Å². The van der Waals surface area contributed by atoms with E-state index < -0.39 is 0 Å². The fraction of sp³-hybridized carbons (Fsp3) is 0.389. The number of benzene rings is 1. The maximum absolute atomic E-state index is 12.5. The summed E-state index contributed by atoms with van der Waals surface area (Å²) < 4.78 is 16.3. The van der Waals surface area contributed by atoms with Crippen molar-refractivity contribution in [2.75, 3.05) is 32.6 Å². The second-order valence-electron chi connectivity index (χ2n) is 5.86. The maximum Gasteiger partial charge on any atom is 0.321 e. The molecule has 0 atom stereocenters. The van der Waals surface area contributed by atoms with Gasteiger partial charge < -0.3 is 24.4 Å². The molecule has 2 heterocycles. The number of likely N-dealkylation sites (tertiary alicyclic amines) is 1. The number of urea groups is 1. The first-order chi connectivity index (χ1) is 12.7. The van der Waals surface area contributed by atoms with Gasteiger partial charge in [0.15, 0.2) is 0 Å². The van der Waals surface area contributed by atoms with Crippen LogP contribution in [0.2, 0.25) is 0 Å². The number of hydrogen-bond acceptors (Lipinski definition) is 6. The third-order valence-corrected chi connectivity index (χ3v) is 4.21. The maximum atomic E-state index is 12.5. The predicted molar refractivity (Wildman–Crippen MR) is 95.8 cm³/mol. The first kappa shape index (κ1) is 17.8. The number of anilines is 1. The van der Waals surface area contributed by atoms with E-state index in [1.807, 2.05) is 0 Å². The molecule has 8 heteroatoms. The number of piperidine rings is 1. The van der Waals surface area contributed by atoms with E-state index in [0.29, 0.717) is 36.2 Å². The summed E-state index contributed by atoms with van der Waals surface area (Å²) in [6, 6.07) is 8.68. The molecule has 1 N–H and O–H groups in total. The molecule has 0 spiro atoms. The summed E-state index contributed by atoms with van der Waals surface area (Å²) in [6.07, 6.45) is 3.12. The van der Waals surface area contributed by atoms with Gasteiger partial charge in [-0.25, -0.2) is 4.79 Å². The Kier molecular flexibility index (Phi) is 5.73. The van der Waals surface area contributed by atoms with Gasteiger partial charge in [-0.3, -0.25) is 0 Å². The Morgan fingerprint density at radius 1 is 1.19 bits per heavy atom. The minimum atomic E-state index is -0.161. The van der Waals surface area contributed by atoms with Crippen molar-refractivity contribution in [1.82, 2.24) is 15.1 Å². The molecule has 138 valence electrons. The van der Waals surface area contributed by atoms with E-state index in [1.165, 1.54) is 0 Å². The van der Waals surface area contributed by atoms with Crippen LogP contribution in [0.5, 0.6) is 17.4 Å². The van der Waals surface area contributed by atoms with Gasteiger partial charge >= 0.3 is 6.03 Å². The SMILES string of the molecule is COc1ccc(NC(=O)N2CCC(Oc3cccnn3)CC2)c(OC)c1. The second-order valence-corrected chi connectivity index (χ2v) is 5.86. The van der Waals surface area contributed by atoms with Crippen molar-refractivity contribution in [3.63, 3.8) is 0 Å². The summed E-state index contributed by atoms with van der Waals surface area (Å²) >= 11 is 0.